The summed E-state index contributed by atoms with van der Waals surface area (Å²) in [6.07, 6.45) is 8.02. The summed E-state index contributed by atoms with van der Waals surface area (Å²) in [6, 6.07) is 16.7. The monoisotopic (exact) mass is 650 g/mol. The number of nitrogens with zero attached hydrogens (tertiary/aromatic N) is 6. The molecule has 47 heavy (non-hydrogen) atoms. The van der Waals surface area contributed by atoms with Crippen molar-refractivity contribution in [2.24, 2.45) is 0 Å². The summed E-state index contributed by atoms with van der Waals surface area (Å²) in [5, 5.41) is 11.0. The maximum absolute atomic E-state index is 14.7. The Morgan fingerprint density at radius 3 is 2.81 bits per heavy atom. The number of pyridine rings is 1. The maximum Gasteiger partial charge on any atom is 0.284 e. The van der Waals surface area contributed by atoms with E-state index in [1.54, 1.807) is 23.9 Å². The zero-order valence-electron chi connectivity index (χ0n) is 25.9. The number of rotatable bonds is 9. The molecule has 2 N–H and O–H groups in total. The minimum atomic E-state index is -0.777. The van der Waals surface area contributed by atoms with Gasteiger partial charge in [0.1, 0.15) is 40.6 Å². The number of aryl methyl sites for hydroxylation is 1. The number of aromatic nitrogens is 5. The number of likely N-dealkylation sites (tertiary alicyclic amines) is 1. The molecule has 1 aliphatic rings. The van der Waals surface area contributed by atoms with Gasteiger partial charge in [-0.2, -0.15) is 5.10 Å². The molecular weight excluding hydrogens is 619 g/mol. The first-order chi connectivity index (χ1) is 22.8. The number of hydrogen-bond donors (Lipinski definition) is 2. The summed E-state index contributed by atoms with van der Waals surface area (Å²) < 4.78 is 28.3. The van der Waals surface area contributed by atoms with Crippen LogP contribution in [-0.4, -0.2) is 62.1 Å². The molecule has 2 aromatic carbocycles. The summed E-state index contributed by atoms with van der Waals surface area (Å²) in [7, 11) is 3.53. The molecule has 0 bridgehead atoms. The van der Waals surface area contributed by atoms with E-state index in [0.29, 0.717) is 40.1 Å². The molecule has 11 nitrogen and oxygen atoms in total. The third-order valence-electron chi connectivity index (χ3n) is 8.10. The minimum absolute atomic E-state index is 0.0636. The smallest absolute Gasteiger partial charge is 0.284 e. The zero-order chi connectivity index (χ0) is 32.5. The number of methoxy groups -OCH3 is 1. The number of thiophene rings is 1. The summed E-state index contributed by atoms with van der Waals surface area (Å²) in [5.74, 6) is 0.904. The topological polar surface area (TPSA) is 119 Å². The fraction of sp³-hybridized carbons (Fsp3) is 0.206. The van der Waals surface area contributed by atoms with Crippen molar-refractivity contribution in [3.63, 3.8) is 0 Å². The molecule has 7 rings (SSSR count). The third-order valence-corrected chi connectivity index (χ3v) is 9.19. The van der Waals surface area contributed by atoms with Crippen LogP contribution in [0.25, 0.3) is 26.3 Å². The molecule has 6 aromatic rings. The van der Waals surface area contributed by atoms with E-state index in [2.05, 4.69) is 30.7 Å². The van der Waals surface area contributed by atoms with Crippen molar-refractivity contribution < 1.29 is 18.7 Å². The molecule has 0 unspecified atom stereocenters. The van der Waals surface area contributed by atoms with Gasteiger partial charge in [0, 0.05) is 34.9 Å². The van der Waals surface area contributed by atoms with Crippen LogP contribution < -0.4 is 20.1 Å². The van der Waals surface area contributed by atoms with Gasteiger partial charge in [0.25, 0.3) is 5.91 Å². The van der Waals surface area contributed by atoms with E-state index in [1.807, 2.05) is 67.4 Å². The summed E-state index contributed by atoms with van der Waals surface area (Å²) >= 11 is 1.49. The van der Waals surface area contributed by atoms with Crippen LogP contribution >= 0.6 is 11.3 Å². The molecule has 0 aliphatic carbocycles. The van der Waals surface area contributed by atoms with E-state index in [4.69, 9.17) is 9.47 Å². The molecule has 1 saturated heterocycles. The number of amides is 1. The van der Waals surface area contributed by atoms with Gasteiger partial charge in [-0.15, -0.1) is 11.3 Å². The van der Waals surface area contributed by atoms with Gasteiger partial charge in [-0.25, -0.2) is 23.9 Å². The number of likely N-dealkylation sites (N-methyl/N-ethyl adjacent to an activating group) is 1. The third kappa shape index (κ3) is 6.35. The van der Waals surface area contributed by atoms with E-state index < -0.39 is 11.7 Å². The second kappa shape index (κ2) is 12.8. The zero-order valence-corrected chi connectivity index (χ0v) is 26.7. The first-order valence-electron chi connectivity index (χ1n) is 15.0. The van der Waals surface area contributed by atoms with Crippen LogP contribution in [0.5, 0.6) is 17.2 Å². The lowest BCUT2D eigenvalue weighted by Crippen LogP contribution is -2.24. The van der Waals surface area contributed by atoms with Crippen molar-refractivity contribution in [1.29, 1.82) is 0 Å². The lowest BCUT2D eigenvalue weighted by molar-refractivity contribution is -0.114. The first kappa shape index (κ1) is 30.3. The lowest BCUT2D eigenvalue weighted by Gasteiger charge is -2.15. The molecule has 1 amide bonds. The van der Waals surface area contributed by atoms with Crippen molar-refractivity contribution in [2.75, 3.05) is 31.3 Å². The predicted molar refractivity (Wildman–Crippen MR) is 180 cm³/mol. The number of halogens is 1. The fourth-order valence-electron chi connectivity index (χ4n) is 5.59. The molecule has 0 radical (unpaired) electrons. The summed E-state index contributed by atoms with van der Waals surface area (Å²) in [6.45, 7) is 2.85. The Balaban J connectivity index is 1.11. The van der Waals surface area contributed by atoms with Crippen LogP contribution in [0, 0.1) is 6.92 Å². The average molecular weight is 651 g/mol. The van der Waals surface area contributed by atoms with Crippen LogP contribution in [0.3, 0.4) is 0 Å². The summed E-state index contributed by atoms with van der Waals surface area (Å²) in [4.78, 5) is 29.6. The van der Waals surface area contributed by atoms with Crippen LogP contribution in [0.4, 0.5) is 21.6 Å². The number of hydrogen-bond acceptors (Lipinski definition) is 10. The molecule has 1 fully saturated rings. The SMILES string of the molecule is COc1cc(Oc2ccn3ncnc3c2)c(C)cc1Nc1ncnc2sc(-c3cccc(NC(=O)/C(F)=C/[C@H]4CCCN4C)c3)cc12. The van der Waals surface area contributed by atoms with Crippen molar-refractivity contribution in [2.45, 2.75) is 25.8 Å². The normalized spacial score (nSPS) is 15.3. The lowest BCUT2D eigenvalue weighted by atomic mass is 10.1. The van der Waals surface area contributed by atoms with Gasteiger partial charge in [0.15, 0.2) is 11.5 Å². The van der Waals surface area contributed by atoms with Crippen molar-refractivity contribution >= 4 is 50.3 Å². The molecule has 0 spiro atoms. The number of anilines is 3. The highest BCUT2D eigenvalue weighted by atomic mass is 32.1. The van der Waals surface area contributed by atoms with Gasteiger partial charge < -0.3 is 20.1 Å². The Morgan fingerprint density at radius 1 is 1.09 bits per heavy atom. The highest BCUT2D eigenvalue weighted by Crippen LogP contribution is 2.40. The van der Waals surface area contributed by atoms with E-state index >= 15 is 0 Å². The Bertz CT molecular complexity index is 2150. The van der Waals surface area contributed by atoms with Crippen LogP contribution in [0.2, 0.25) is 0 Å². The maximum atomic E-state index is 14.7. The number of carbonyl (C=O) groups excluding carboxylic acids is 1. The largest absolute Gasteiger partial charge is 0.494 e. The Hall–Kier alpha value is -5.40. The van der Waals surface area contributed by atoms with Crippen LogP contribution in [-0.2, 0) is 4.79 Å². The highest BCUT2D eigenvalue weighted by molar-refractivity contribution is 7.21. The number of benzene rings is 2. The average Bonchev–Trinajstić information content (AvgIpc) is 3.82. The number of nitrogens with one attached hydrogen (secondary N) is 2. The minimum Gasteiger partial charge on any atom is -0.494 e. The molecule has 4 aromatic heterocycles. The summed E-state index contributed by atoms with van der Waals surface area (Å²) in [5.41, 5.74) is 3.63. The highest BCUT2D eigenvalue weighted by Gasteiger charge is 2.22. The van der Waals surface area contributed by atoms with Gasteiger partial charge in [-0.3, -0.25) is 9.69 Å². The van der Waals surface area contributed by atoms with Crippen molar-refractivity contribution in [3.05, 3.63) is 90.9 Å². The molecule has 1 atom stereocenters. The van der Waals surface area contributed by atoms with Gasteiger partial charge in [-0.1, -0.05) is 12.1 Å². The molecule has 1 aliphatic heterocycles. The van der Waals surface area contributed by atoms with E-state index in [9.17, 15) is 9.18 Å². The molecular formula is C34H31FN8O3S. The standard InChI is InChI=1S/C34H31FN8O3S/c1-20-12-27(29(45-3)17-28(20)46-24-9-11-43-31(15-24)36-19-39-43)41-32-25-16-30(47-34(25)38-18-37-32)21-6-4-7-22(13-21)40-33(44)26(35)14-23-8-5-10-42(23)2/h4,6-7,9,11-19,23H,5,8,10H2,1-3H3,(H,40,44)(H,37,38,41)/b26-14-/t23-/m1/s1. The molecule has 13 heteroatoms. The number of carbonyl (C=O) groups is 1. The van der Waals surface area contributed by atoms with Gasteiger partial charge in [-0.05, 0) is 80.9 Å². The first-order valence-corrected chi connectivity index (χ1v) is 15.8. The van der Waals surface area contributed by atoms with Crippen molar-refractivity contribution in [3.8, 4) is 27.7 Å². The number of ether oxygens (including phenoxy) is 2. The Kier molecular flexibility index (Phi) is 8.23. The molecule has 0 saturated carbocycles. The molecule has 5 heterocycles. The van der Waals surface area contributed by atoms with Gasteiger partial charge in [0.2, 0.25) is 0 Å². The Labute approximate surface area is 273 Å². The Morgan fingerprint density at radius 2 is 1.98 bits per heavy atom. The van der Waals surface area contributed by atoms with Crippen LogP contribution in [0.1, 0.15) is 18.4 Å². The van der Waals surface area contributed by atoms with Crippen LogP contribution in [0.15, 0.2) is 85.4 Å². The predicted octanol–water partition coefficient (Wildman–Crippen LogP) is 7.14. The number of fused-ring (bicyclic) bond motifs is 2. The quantitative estimate of drug-likeness (QED) is 0.157. The second-order valence-corrected chi connectivity index (χ2v) is 12.3. The fourth-order valence-corrected chi connectivity index (χ4v) is 6.59. The second-order valence-electron chi connectivity index (χ2n) is 11.3. The van der Waals surface area contributed by atoms with E-state index in [-0.39, 0.29) is 6.04 Å². The van der Waals surface area contributed by atoms with Crippen molar-refractivity contribution in [1.82, 2.24) is 29.5 Å². The molecule has 238 valence electrons. The van der Waals surface area contributed by atoms with E-state index in [0.717, 1.165) is 45.6 Å². The van der Waals surface area contributed by atoms with E-state index in [1.165, 1.54) is 30.1 Å². The van der Waals surface area contributed by atoms with Gasteiger partial charge >= 0.3 is 0 Å². The van der Waals surface area contributed by atoms with Gasteiger partial charge in [0.05, 0.1) is 18.2 Å².